The molecule has 4 rings (SSSR count). The number of nitrogens with one attached hydrogen (secondary N) is 1. The number of oxime groups is 1. The van der Waals surface area contributed by atoms with Gasteiger partial charge in [-0.2, -0.15) is 0 Å². The van der Waals surface area contributed by atoms with Crippen molar-refractivity contribution in [2.75, 3.05) is 12.4 Å². The highest BCUT2D eigenvalue weighted by atomic mass is 32.1. The molecule has 1 unspecified atom stereocenters. The second kappa shape index (κ2) is 7.82. The molecule has 1 aliphatic heterocycles. The van der Waals surface area contributed by atoms with Crippen molar-refractivity contribution in [3.63, 3.8) is 0 Å². The van der Waals surface area contributed by atoms with Crippen LogP contribution in [-0.4, -0.2) is 23.7 Å². The van der Waals surface area contributed by atoms with E-state index in [1.807, 2.05) is 61.5 Å². The Hall–Kier alpha value is -3.19. The first kappa shape index (κ1) is 18.2. The topological polar surface area (TPSA) is 72.8 Å². The summed E-state index contributed by atoms with van der Waals surface area (Å²) in [6, 6.07) is 17.4. The van der Waals surface area contributed by atoms with Crippen molar-refractivity contribution in [1.82, 2.24) is 4.98 Å². The second-order valence-corrected chi connectivity index (χ2v) is 7.56. The molecule has 0 radical (unpaired) electrons. The van der Waals surface area contributed by atoms with Crippen LogP contribution in [0.1, 0.15) is 23.0 Å². The first-order valence-electron chi connectivity index (χ1n) is 8.85. The minimum Gasteiger partial charge on any atom is -0.497 e. The van der Waals surface area contributed by atoms with Crippen LogP contribution in [-0.2, 0) is 9.63 Å². The number of hydrogen-bond donors (Lipinski definition) is 1. The Balaban J connectivity index is 1.44. The third-order valence-corrected chi connectivity index (χ3v) is 5.37. The van der Waals surface area contributed by atoms with Crippen LogP contribution in [0.15, 0.2) is 59.8 Å². The number of amides is 1. The highest BCUT2D eigenvalue weighted by Crippen LogP contribution is 2.32. The summed E-state index contributed by atoms with van der Waals surface area (Å²) in [4.78, 5) is 23.6. The smallest absolute Gasteiger partial charge is 0.275 e. The summed E-state index contributed by atoms with van der Waals surface area (Å²) >= 11 is 1.43. The fraction of sp³-hybridized carbons (Fsp3) is 0.190. The average Bonchev–Trinajstić information content (AvgIpc) is 3.36. The number of nitrogens with zero attached hydrogens (tertiary/aromatic N) is 2. The number of ether oxygens (including phenoxy) is 1. The lowest BCUT2D eigenvalue weighted by atomic mass is 10.0. The molecule has 0 spiro atoms. The molecule has 0 saturated heterocycles. The van der Waals surface area contributed by atoms with Gasteiger partial charge in [0.25, 0.3) is 5.91 Å². The fourth-order valence-corrected chi connectivity index (χ4v) is 3.82. The third kappa shape index (κ3) is 3.75. The summed E-state index contributed by atoms with van der Waals surface area (Å²) in [6.07, 6.45) is 0.209. The van der Waals surface area contributed by atoms with Gasteiger partial charge in [0, 0.05) is 16.9 Å². The maximum Gasteiger partial charge on any atom is 0.275 e. The van der Waals surface area contributed by atoms with Gasteiger partial charge < -0.3 is 9.57 Å². The first-order chi connectivity index (χ1) is 13.6. The SMILES string of the molecule is COc1ccc(-c2nc(NC(=O)C3=NOC(c4ccccc4)C3)sc2C)cc1. The van der Waals surface area contributed by atoms with Crippen molar-refractivity contribution < 1.29 is 14.4 Å². The van der Waals surface area contributed by atoms with E-state index in [-0.39, 0.29) is 12.0 Å². The zero-order valence-electron chi connectivity index (χ0n) is 15.5. The minimum absolute atomic E-state index is 0.227. The highest BCUT2D eigenvalue weighted by molar-refractivity contribution is 7.16. The Morgan fingerprint density at radius 1 is 1.18 bits per heavy atom. The largest absolute Gasteiger partial charge is 0.497 e. The first-order valence-corrected chi connectivity index (χ1v) is 9.66. The molecular weight excluding hydrogens is 374 g/mol. The molecule has 28 heavy (non-hydrogen) atoms. The zero-order valence-corrected chi connectivity index (χ0v) is 16.3. The van der Waals surface area contributed by atoms with E-state index < -0.39 is 0 Å². The monoisotopic (exact) mass is 393 g/mol. The Labute approximate surface area is 166 Å². The lowest BCUT2D eigenvalue weighted by molar-refractivity contribution is -0.110. The molecule has 3 aromatic rings. The Morgan fingerprint density at radius 2 is 1.93 bits per heavy atom. The van der Waals surface area contributed by atoms with Crippen molar-refractivity contribution in [2.45, 2.75) is 19.4 Å². The van der Waals surface area contributed by atoms with Crippen LogP contribution in [0.25, 0.3) is 11.3 Å². The Kier molecular flexibility index (Phi) is 5.08. The number of methoxy groups -OCH3 is 1. The van der Waals surface area contributed by atoms with E-state index in [4.69, 9.17) is 9.57 Å². The molecule has 142 valence electrons. The third-order valence-electron chi connectivity index (χ3n) is 4.48. The van der Waals surface area contributed by atoms with Gasteiger partial charge in [-0.25, -0.2) is 4.98 Å². The van der Waals surface area contributed by atoms with Crippen LogP contribution in [0.2, 0.25) is 0 Å². The average molecular weight is 393 g/mol. The Bertz CT molecular complexity index is 1010. The number of benzene rings is 2. The van der Waals surface area contributed by atoms with Gasteiger partial charge in [-0.05, 0) is 36.8 Å². The lowest BCUT2D eigenvalue weighted by Gasteiger charge is -2.07. The van der Waals surface area contributed by atoms with Gasteiger partial charge in [0.15, 0.2) is 11.2 Å². The predicted molar refractivity (Wildman–Crippen MR) is 110 cm³/mol. The number of rotatable bonds is 5. The van der Waals surface area contributed by atoms with Gasteiger partial charge in [0.1, 0.15) is 11.5 Å². The maximum atomic E-state index is 12.6. The second-order valence-electron chi connectivity index (χ2n) is 6.35. The van der Waals surface area contributed by atoms with Gasteiger partial charge in [-0.15, -0.1) is 11.3 Å². The molecule has 2 aromatic carbocycles. The summed E-state index contributed by atoms with van der Waals surface area (Å²) in [5, 5.41) is 7.35. The van der Waals surface area contributed by atoms with Crippen LogP contribution in [0, 0.1) is 6.92 Å². The molecule has 0 aliphatic carbocycles. The fourth-order valence-electron chi connectivity index (χ4n) is 2.99. The molecule has 1 atom stereocenters. The minimum atomic E-state index is -0.284. The molecule has 6 nitrogen and oxygen atoms in total. The maximum absolute atomic E-state index is 12.6. The van der Waals surface area contributed by atoms with Crippen molar-refractivity contribution in [3.8, 4) is 17.0 Å². The number of anilines is 1. The molecule has 1 N–H and O–H groups in total. The summed E-state index contributed by atoms with van der Waals surface area (Å²) < 4.78 is 5.19. The van der Waals surface area contributed by atoms with E-state index in [1.54, 1.807) is 7.11 Å². The molecule has 2 heterocycles. The van der Waals surface area contributed by atoms with Crippen LogP contribution < -0.4 is 10.1 Å². The van der Waals surface area contributed by atoms with Crippen molar-refractivity contribution in [3.05, 3.63) is 65.0 Å². The number of carbonyl (C=O) groups excluding carboxylic acids is 1. The molecule has 1 aliphatic rings. The number of aromatic nitrogens is 1. The molecule has 1 aromatic heterocycles. The van der Waals surface area contributed by atoms with E-state index in [1.165, 1.54) is 11.3 Å². The quantitative estimate of drug-likeness (QED) is 0.688. The highest BCUT2D eigenvalue weighted by Gasteiger charge is 2.28. The van der Waals surface area contributed by atoms with E-state index in [2.05, 4.69) is 15.5 Å². The standard InChI is InChI=1S/C21H19N3O3S/c1-13-19(15-8-10-16(26-2)11-9-15)22-21(28-13)23-20(25)17-12-18(27-24-17)14-6-4-3-5-7-14/h3-11,18H,12H2,1-2H3,(H,22,23,25). The van der Waals surface area contributed by atoms with Crippen molar-refractivity contribution >= 4 is 28.1 Å². The van der Waals surface area contributed by atoms with Crippen LogP contribution in [0.5, 0.6) is 5.75 Å². The van der Waals surface area contributed by atoms with Gasteiger partial charge in [0.05, 0.1) is 12.8 Å². The predicted octanol–water partition coefficient (Wildman–Crippen LogP) is 4.58. The van der Waals surface area contributed by atoms with E-state index in [9.17, 15) is 4.79 Å². The molecule has 0 saturated carbocycles. The zero-order chi connectivity index (χ0) is 19.5. The van der Waals surface area contributed by atoms with Gasteiger partial charge in [-0.1, -0.05) is 35.5 Å². The summed E-state index contributed by atoms with van der Waals surface area (Å²) in [5.41, 5.74) is 3.18. The number of carbonyl (C=O) groups is 1. The molecule has 7 heteroatoms. The molecule has 0 bridgehead atoms. The Morgan fingerprint density at radius 3 is 2.64 bits per heavy atom. The van der Waals surface area contributed by atoms with Crippen molar-refractivity contribution in [2.24, 2.45) is 5.16 Å². The lowest BCUT2D eigenvalue weighted by Crippen LogP contribution is -2.21. The van der Waals surface area contributed by atoms with E-state index >= 15 is 0 Å². The molecule has 1 amide bonds. The van der Waals surface area contributed by atoms with Gasteiger partial charge in [-0.3, -0.25) is 10.1 Å². The summed E-state index contributed by atoms with van der Waals surface area (Å²) in [7, 11) is 1.63. The molecular formula is C21H19N3O3S. The van der Waals surface area contributed by atoms with Crippen LogP contribution in [0.4, 0.5) is 5.13 Å². The van der Waals surface area contributed by atoms with Crippen molar-refractivity contribution in [1.29, 1.82) is 0 Å². The number of thiazole rings is 1. The van der Waals surface area contributed by atoms with Gasteiger partial charge >= 0.3 is 0 Å². The summed E-state index contributed by atoms with van der Waals surface area (Å²) in [6.45, 7) is 1.98. The summed E-state index contributed by atoms with van der Waals surface area (Å²) in [5.74, 6) is 0.505. The van der Waals surface area contributed by atoms with E-state index in [0.717, 1.165) is 27.4 Å². The van der Waals surface area contributed by atoms with Crippen LogP contribution >= 0.6 is 11.3 Å². The normalized spacial score (nSPS) is 15.6. The number of hydrogen-bond acceptors (Lipinski definition) is 6. The van der Waals surface area contributed by atoms with Gasteiger partial charge in [0.2, 0.25) is 0 Å². The van der Waals surface area contributed by atoms with Crippen LogP contribution in [0.3, 0.4) is 0 Å². The van der Waals surface area contributed by atoms with E-state index in [0.29, 0.717) is 17.3 Å². The number of aryl methyl sites for hydroxylation is 1. The molecule has 0 fully saturated rings.